The van der Waals surface area contributed by atoms with Crippen LogP contribution in [0.15, 0.2) is 48.7 Å². The zero-order chi connectivity index (χ0) is 23.8. The minimum absolute atomic E-state index is 0.151. The molecule has 1 aliphatic heterocycles. The molecule has 0 spiro atoms. The van der Waals surface area contributed by atoms with E-state index in [1.54, 1.807) is 18.2 Å². The van der Waals surface area contributed by atoms with Crippen LogP contribution in [-0.2, 0) is 23.0 Å². The topological polar surface area (TPSA) is 74.7 Å². The Balaban J connectivity index is 1.49. The van der Waals surface area contributed by atoms with E-state index in [-0.39, 0.29) is 11.9 Å². The maximum atomic E-state index is 12.9. The summed E-state index contributed by atoms with van der Waals surface area (Å²) >= 11 is 0. The van der Waals surface area contributed by atoms with Crippen LogP contribution in [0.4, 0.5) is 11.4 Å². The molecule has 7 nitrogen and oxygen atoms in total. The molecule has 176 valence electrons. The van der Waals surface area contributed by atoms with Crippen molar-refractivity contribution in [1.29, 1.82) is 0 Å². The van der Waals surface area contributed by atoms with Crippen LogP contribution in [0.3, 0.4) is 0 Å². The molecule has 2 aromatic carbocycles. The van der Waals surface area contributed by atoms with Crippen molar-refractivity contribution < 1.29 is 13.2 Å². The van der Waals surface area contributed by atoms with E-state index in [9.17, 15) is 13.2 Å². The maximum Gasteiger partial charge on any atom is 0.255 e. The number of rotatable bonds is 8. The highest BCUT2D eigenvalue weighted by molar-refractivity contribution is 7.92. The molecule has 0 saturated heterocycles. The van der Waals surface area contributed by atoms with Crippen molar-refractivity contribution in [2.45, 2.75) is 39.8 Å². The van der Waals surface area contributed by atoms with Gasteiger partial charge in [0.15, 0.2) is 0 Å². The third kappa shape index (κ3) is 4.77. The number of benzene rings is 2. The number of fused-ring (bicyclic) bond motifs is 2. The first-order valence-corrected chi connectivity index (χ1v) is 13.3. The largest absolute Gasteiger partial charge is 0.346 e. The Morgan fingerprint density at radius 2 is 1.88 bits per heavy atom. The fourth-order valence-electron chi connectivity index (χ4n) is 4.71. The van der Waals surface area contributed by atoms with Gasteiger partial charge in [0.2, 0.25) is 10.0 Å². The number of hydrogen-bond acceptors (Lipinski definition) is 4. The van der Waals surface area contributed by atoms with E-state index in [0.717, 1.165) is 48.3 Å². The Morgan fingerprint density at radius 1 is 1.12 bits per heavy atom. The van der Waals surface area contributed by atoms with Gasteiger partial charge >= 0.3 is 0 Å². The average molecular weight is 469 g/mol. The molecule has 8 heteroatoms. The molecule has 0 saturated carbocycles. The molecule has 1 aromatic heterocycles. The maximum absolute atomic E-state index is 12.9. The lowest BCUT2D eigenvalue weighted by molar-refractivity contribution is 0.102. The van der Waals surface area contributed by atoms with Gasteiger partial charge in [-0.1, -0.05) is 13.8 Å². The van der Waals surface area contributed by atoms with Crippen LogP contribution in [0.25, 0.3) is 10.9 Å². The van der Waals surface area contributed by atoms with Gasteiger partial charge in [-0.3, -0.25) is 9.10 Å². The number of likely N-dealkylation sites (N-methyl/N-ethyl adjacent to an activating group) is 1. The summed E-state index contributed by atoms with van der Waals surface area (Å²) in [5, 5.41) is 4.07. The van der Waals surface area contributed by atoms with Crippen LogP contribution in [0.5, 0.6) is 0 Å². The molecule has 1 amide bonds. The number of nitrogens with one attached hydrogen (secondary N) is 1. The lowest BCUT2D eigenvalue weighted by Gasteiger charge is -2.21. The summed E-state index contributed by atoms with van der Waals surface area (Å²) in [4.78, 5) is 15.3. The second kappa shape index (κ2) is 9.19. The molecule has 2 heterocycles. The number of aromatic nitrogens is 1. The van der Waals surface area contributed by atoms with Crippen molar-refractivity contribution in [3.8, 4) is 0 Å². The number of anilines is 2. The van der Waals surface area contributed by atoms with Gasteiger partial charge < -0.3 is 14.8 Å². The average Bonchev–Trinajstić information content (AvgIpc) is 3.33. The van der Waals surface area contributed by atoms with Gasteiger partial charge in [-0.2, -0.15) is 0 Å². The first-order valence-electron chi connectivity index (χ1n) is 11.5. The fourth-order valence-corrected chi connectivity index (χ4v) is 5.98. The van der Waals surface area contributed by atoms with Crippen molar-refractivity contribution in [2.75, 3.05) is 35.5 Å². The highest BCUT2D eigenvalue weighted by atomic mass is 32.2. The van der Waals surface area contributed by atoms with Crippen LogP contribution >= 0.6 is 0 Å². The molecule has 1 unspecified atom stereocenters. The van der Waals surface area contributed by atoms with Gasteiger partial charge in [-0.15, -0.1) is 0 Å². The number of sulfonamides is 1. The molecule has 1 aliphatic rings. The summed E-state index contributed by atoms with van der Waals surface area (Å²) in [6, 6.07) is 13.1. The van der Waals surface area contributed by atoms with E-state index in [1.807, 2.05) is 25.1 Å². The minimum Gasteiger partial charge on any atom is -0.346 e. The summed E-state index contributed by atoms with van der Waals surface area (Å²) in [5.41, 5.74) is 3.94. The molecule has 33 heavy (non-hydrogen) atoms. The summed E-state index contributed by atoms with van der Waals surface area (Å²) < 4.78 is 27.9. The number of carbonyl (C=O) groups is 1. The van der Waals surface area contributed by atoms with Gasteiger partial charge in [-0.05, 0) is 74.5 Å². The van der Waals surface area contributed by atoms with Gasteiger partial charge in [0, 0.05) is 47.5 Å². The van der Waals surface area contributed by atoms with Gasteiger partial charge in [0.25, 0.3) is 5.91 Å². The summed E-state index contributed by atoms with van der Waals surface area (Å²) in [6.45, 7) is 10.2. The monoisotopic (exact) mass is 468 g/mol. The molecule has 1 atom stereocenters. The highest BCUT2D eigenvalue weighted by Gasteiger charge is 2.32. The van der Waals surface area contributed by atoms with Crippen molar-refractivity contribution >= 4 is 38.2 Å². The zero-order valence-electron chi connectivity index (χ0n) is 19.7. The predicted molar refractivity (Wildman–Crippen MR) is 135 cm³/mol. The van der Waals surface area contributed by atoms with Gasteiger partial charge in [-0.25, -0.2) is 8.42 Å². The number of amides is 1. The molecular formula is C25H32N4O3S. The molecule has 0 aliphatic carbocycles. The van der Waals surface area contributed by atoms with E-state index in [0.29, 0.717) is 17.7 Å². The minimum atomic E-state index is -3.35. The van der Waals surface area contributed by atoms with Crippen LogP contribution in [-0.4, -0.2) is 55.7 Å². The third-order valence-corrected chi connectivity index (χ3v) is 7.70. The summed E-state index contributed by atoms with van der Waals surface area (Å²) in [5.74, 6) is -0.205. The van der Waals surface area contributed by atoms with Crippen molar-refractivity contribution in [1.82, 2.24) is 9.47 Å². The Hall–Kier alpha value is -2.84. The molecule has 1 N–H and O–H groups in total. The summed E-state index contributed by atoms with van der Waals surface area (Å²) in [6.07, 6.45) is 3.90. The number of carbonyl (C=O) groups excluding carboxylic acids is 1. The lowest BCUT2D eigenvalue weighted by Crippen LogP contribution is -2.34. The van der Waals surface area contributed by atoms with E-state index in [2.05, 4.69) is 40.9 Å². The van der Waals surface area contributed by atoms with Crippen molar-refractivity contribution in [3.05, 3.63) is 59.8 Å². The van der Waals surface area contributed by atoms with Crippen LogP contribution < -0.4 is 9.62 Å². The second-order valence-electron chi connectivity index (χ2n) is 8.72. The number of nitrogens with zero attached hydrogens (tertiary/aromatic N) is 3. The van der Waals surface area contributed by atoms with Gasteiger partial charge in [0.1, 0.15) is 0 Å². The second-order valence-corrected chi connectivity index (χ2v) is 10.6. The van der Waals surface area contributed by atoms with E-state index in [4.69, 9.17) is 0 Å². The van der Waals surface area contributed by atoms with E-state index in [1.165, 1.54) is 10.6 Å². The molecule has 0 bridgehead atoms. The van der Waals surface area contributed by atoms with Crippen LogP contribution in [0.1, 0.15) is 36.7 Å². The SMILES string of the molecule is CCN(CC)CCn1ccc2cc(NC(=O)c3ccc4c(c3)CC(C)N4S(C)(=O)=O)ccc21. The van der Waals surface area contributed by atoms with Gasteiger partial charge in [0.05, 0.1) is 11.9 Å². The first-order chi connectivity index (χ1) is 15.7. The number of hydrogen-bond donors (Lipinski definition) is 1. The fraction of sp³-hybridized carbons (Fsp3) is 0.400. The summed E-state index contributed by atoms with van der Waals surface area (Å²) in [7, 11) is -3.35. The molecule has 4 rings (SSSR count). The third-order valence-electron chi connectivity index (χ3n) is 6.43. The van der Waals surface area contributed by atoms with Crippen molar-refractivity contribution in [2.24, 2.45) is 0 Å². The normalized spacial score (nSPS) is 15.9. The Labute approximate surface area is 196 Å². The van der Waals surface area contributed by atoms with E-state index >= 15 is 0 Å². The standard InChI is InChI=1S/C25H32N4O3S/c1-5-27(6-2)13-14-28-12-11-19-17-22(8-10-23(19)28)26-25(30)20-7-9-24-21(16-20)15-18(3)29(24)33(4,31)32/h7-12,16-18H,5-6,13-15H2,1-4H3,(H,26,30). The molecule has 0 fully saturated rings. The smallest absolute Gasteiger partial charge is 0.255 e. The Bertz CT molecular complexity index is 1280. The zero-order valence-corrected chi connectivity index (χ0v) is 20.5. The highest BCUT2D eigenvalue weighted by Crippen LogP contribution is 2.35. The molecular weight excluding hydrogens is 436 g/mol. The van der Waals surface area contributed by atoms with Crippen LogP contribution in [0, 0.1) is 0 Å². The van der Waals surface area contributed by atoms with Crippen molar-refractivity contribution in [3.63, 3.8) is 0 Å². The molecule has 3 aromatic rings. The quantitative estimate of drug-likeness (QED) is 0.543. The predicted octanol–water partition coefficient (Wildman–Crippen LogP) is 3.95. The Kier molecular flexibility index (Phi) is 6.50. The lowest BCUT2D eigenvalue weighted by atomic mass is 10.1. The van der Waals surface area contributed by atoms with Crippen LogP contribution in [0.2, 0.25) is 0 Å². The Morgan fingerprint density at radius 3 is 2.58 bits per heavy atom. The van der Waals surface area contributed by atoms with E-state index < -0.39 is 10.0 Å². The molecule has 0 radical (unpaired) electrons. The first kappa shape index (κ1) is 23.3.